The van der Waals surface area contributed by atoms with E-state index < -0.39 is 17.7 Å². The second kappa shape index (κ2) is 10.3. The van der Waals surface area contributed by atoms with Gasteiger partial charge in [0, 0.05) is 21.4 Å². The minimum absolute atomic E-state index is 0.0255. The molecule has 0 aliphatic rings. The van der Waals surface area contributed by atoms with E-state index in [1.54, 1.807) is 31.2 Å². The second-order valence-corrected chi connectivity index (χ2v) is 8.62. The van der Waals surface area contributed by atoms with Crippen LogP contribution in [-0.4, -0.2) is 11.9 Å². The number of furan rings is 1. The molecule has 3 rings (SSSR count). The summed E-state index contributed by atoms with van der Waals surface area (Å²) in [6.45, 7) is 7.15. The fraction of sp³-hybridized carbons (Fsp3) is 0.320. The number of rotatable bonds is 9. The summed E-state index contributed by atoms with van der Waals surface area (Å²) in [5, 5.41) is 0.698. The van der Waals surface area contributed by atoms with E-state index in [1.807, 2.05) is 6.07 Å². The van der Waals surface area contributed by atoms with Crippen molar-refractivity contribution in [3.8, 4) is 11.3 Å². The minimum Gasteiger partial charge on any atom is -0.456 e. The summed E-state index contributed by atoms with van der Waals surface area (Å²) in [6, 6.07) is 11.4. The molecule has 1 aromatic heterocycles. The molecule has 0 radical (unpaired) electrons. The third kappa shape index (κ3) is 5.97. The average Bonchev–Trinajstić information content (AvgIpc) is 3.16. The molecular formula is C25H25F3O3S. The number of halogens is 3. The highest BCUT2D eigenvalue weighted by Gasteiger charge is 2.34. The van der Waals surface area contributed by atoms with Crippen molar-refractivity contribution < 1.29 is 27.1 Å². The largest absolute Gasteiger partial charge is 0.456 e. The Balaban J connectivity index is 1.85. The highest BCUT2D eigenvalue weighted by molar-refractivity contribution is 7.99. The number of carbonyl (C=O) groups is 1. The van der Waals surface area contributed by atoms with Crippen molar-refractivity contribution in [3.05, 3.63) is 65.7 Å². The van der Waals surface area contributed by atoms with Crippen LogP contribution in [0.2, 0.25) is 0 Å². The van der Waals surface area contributed by atoms with E-state index in [9.17, 15) is 18.0 Å². The summed E-state index contributed by atoms with van der Waals surface area (Å²) in [4.78, 5) is 12.2. The summed E-state index contributed by atoms with van der Waals surface area (Å²) >= 11 is 1.28. The van der Waals surface area contributed by atoms with Crippen molar-refractivity contribution in [2.75, 3.05) is 5.94 Å². The molecule has 0 unspecified atom stereocenters. The van der Waals surface area contributed by atoms with Gasteiger partial charge in [0.05, 0.1) is 5.56 Å². The zero-order valence-corrected chi connectivity index (χ0v) is 18.9. The van der Waals surface area contributed by atoms with Crippen molar-refractivity contribution in [3.63, 3.8) is 0 Å². The first-order valence-corrected chi connectivity index (χ1v) is 11.4. The molecule has 0 N–H and O–H groups in total. The monoisotopic (exact) mass is 462 g/mol. The van der Waals surface area contributed by atoms with Crippen molar-refractivity contribution in [1.82, 2.24) is 0 Å². The Morgan fingerprint density at radius 2 is 1.91 bits per heavy atom. The molecule has 32 heavy (non-hydrogen) atoms. The second-order valence-electron chi connectivity index (χ2n) is 7.62. The Morgan fingerprint density at radius 1 is 1.12 bits per heavy atom. The number of thioether (sulfide) groups is 1. The van der Waals surface area contributed by atoms with Gasteiger partial charge in [0.1, 0.15) is 17.3 Å². The SMILES string of the molecule is C=C(C)C(=O)OCSc1ccc2cc(-c3ccc(CCCCC)cc3C(F)(F)F)oc2c1. The summed E-state index contributed by atoms with van der Waals surface area (Å²) in [7, 11) is 0. The van der Waals surface area contributed by atoms with E-state index in [0.717, 1.165) is 24.2 Å². The van der Waals surface area contributed by atoms with Gasteiger partial charge in [0.15, 0.2) is 0 Å². The van der Waals surface area contributed by atoms with E-state index in [0.29, 0.717) is 28.5 Å². The van der Waals surface area contributed by atoms with Crippen LogP contribution in [0.25, 0.3) is 22.3 Å². The number of ether oxygens (including phenoxy) is 1. The Labute approximate surface area is 189 Å². The number of aryl methyl sites for hydroxylation is 1. The third-order valence-electron chi connectivity index (χ3n) is 4.98. The maximum atomic E-state index is 13.8. The lowest BCUT2D eigenvalue weighted by Gasteiger charge is -2.13. The topological polar surface area (TPSA) is 39.4 Å². The molecule has 0 bridgehead atoms. The molecule has 0 aliphatic carbocycles. The van der Waals surface area contributed by atoms with Crippen LogP contribution in [0.1, 0.15) is 44.2 Å². The maximum Gasteiger partial charge on any atom is 0.417 e. The van der Waals surface area contributed by atoms with Gasteiger partial charge < -0.3 is 9.15 Å². The maximum absolute atomic E-state index is 13.8. The Bertz CT molecular complexity index is 1120. The standard InChI is InChI=1S/C25H25F3O3S/c1-4-5-6-7-17-8-11-20(21(12-17)25(26,27)28)23-13-18-9-10-19(14-22(18)31-23)32-15-30-24(29)16(2)3/h8-14H,2,4-7,15H2,1,3H3. The predicted octanol–water partition coefficient (Wildman–Crippen LogP) is 8.02. The number of esters is 1. The Kier molecular flexibility index (Phi) is 7.72. The summed E-state index contributed by atoms with van der Waals surface area (Å²) in [6.07, 6.45) is -1.00. The number of hydrogen-bond donors (Lipinski definition) is 0. The molecule has 0 amide bonds. The number of hydrogen-bond acceptors (Lipinski definition) is 4. The van der Waals surface area contributed by atoms with Gasteiger partial charge >= 0.3 is 12.1 Å². The predicted molar refractivity (Wildman–Crippen MR) is 122 cm³/mol. The van der Waals surface area contributed by atoms with Crippen LogP contribution in [-0.2, 0) is 22.1 Å². The van der Waals surface area contributed by atoms with Crippen LogP contribution in [0.4, 0.5) is 13.2 Å². The molecule has 3 nitrogen and oxygen atoms in total. The molecular weight excluding hydrogens is 437 g/mol. The molecule has 7 heteroatoms. The molecule has 3 aromatic rings. The molecule has 0 saturated heterocycles. The molecule has 0 aliphatic heterocycles. The van der Waals surface area contributed by atoms with Crippen molar-refractivity contribution in [1.29, 1.82) is 0 Å². The number of carbonyl (C=O) groups excluding carboxylic acids is 1. The van der Waals surface area contributed by atoms with Gasteiger partial charge in [-0.15, -0.1) is 0 Å². The van der Waals surface area contributed by atoms with E-state index in [-0.39, 0.29) is 17.3 Å². The van der Waals surface area contributed by atoms with E-state index >= 15 is 0 Å². The van der Waals surface area contributed by atoms with E-state index in [4.69, 9.17) is 9.15 Å². The zero-order chi connectivity index (χ0) is 23.3. The first-order valence-electron chi connectivity index (χ1n) is 10.4. The quantitative estimate of drug-likeness (QED) is 0.106. The van der Waals surface area contributed by atoms with Gasteiger partial charge in [-0.3, -0.25) is 0 Å². The molecule has 0 atom stereocenters. The normalized spacial score (nSPS) is 11.7. The van der Waals surface area contributed by atoms with Crippen LogP contribution >= 0.6 is 11.8 Å². The zero-order valence-electron chi connectivity index (χ0n) is 18.1. The van der Waals surface area contributed by atoms with Crippen LogP contribution in [0.3, 0.4) is 0 Å². The molecule has 1 heterocycles. The lowest BCUT2D eigenvalue weighted by atomic mass is 9.98. The number of benzene rings is 2. The number of alkyl halides is 3. The number of fused-ring (bicyclic) bond motifs is 1. The summed E-state index contributed by atoms with van der Waals surface area (Å²) in [5.74, 6) is -0.206. The molecule has 2 aromatic carbocycles. The molecule has 0 fully saturated rings. The minimum atomic E-state index is -4.48. The van der Waals surface area contributed by atoms with Crippen LogP contribution in [0.15, 0.2) is 63.9 Å². The molecule has 170 valence electrons. The highest BCUT2D eigenvalue weighted by atomic mass is 32.2. The van der Waals surface area contributed by atoms with Gasteiger partial charge in [0.25, 0.3) is 0 Å². The fourth-order valence-corrected chi connectivity index (χ4v) is 3.94. The van der Waals surface area contributed by atoms with Crippen LogP contribution < -0.4 is 0 Å². The molecule has 0 spiro atoms. The van der Waals surface area contributed by atoms with Gasteiger partial charge in [-0.05, 0) is 55.7 Å². The summed E-state index contributed by atoms with van der Waals surface area (Å²) < 4.78 is 52.2. The van der Waals surface area contributed by atoms with Gasteiger partial charge in [-0.1, -0.05) is 50.2 Å². The van der Waals surface area contributed by atoms with Crippen molar-refractivity contribution in [2.24, 2.45) is 0 Å². The number of unbranched alkanes of at least 4 members (excludes halogenated alkanes) is 2. The average molecular weight is 463 g/mol. The van der Waals surface area contributed by atoms with Gasteiger partial charge in [-0.25, -0.2) is 4.79 Å². The first-order chi connectivity index (χ1) is 15.2. The molecule has 0 saturated carbocycles. The van der Waals surface area contributed by atoms with Gasteiger partial charge in [0.2, 0.25) is 0 Å². The third-order valence-corrected chi connectivity index (χ3v) is 5.80. The lowest BCUT2D eigenvalue weighted by Crippen LogP contribution is -2.08. The van der Waals surface area contributed by atoms with Gasteiger partial charge in [-0.2, -0.15) is 13.2 Å². The fourth-order valence-electron chi connectivity index (χ4n) is 3.28. The van der Waals surface area contributed by atoms with Crippen LogP contribution in [0.5, 0.6) is 0 Å². The van der Waals surface area contributed by atoms with E-state index in [2.05, 4.69) is 13.5 Å². The van der Waals surface area contributed by atoms with Crippen molar-refractivity contribution in [2.45, 2.75) is 50.6 Å². The highest BCUT2D eigenvalue weighted by Crippen LogP contribution is 2.40. The first kappa shape index (κ1) is 24.0. The smallest absolute Gasteiger partial charge is 0.417 e. The van der Waals surface area contributed by atoms with E-state index in [1.165, 1.54) is 23.9 Å². The Hall–Kier alpha value is -2.67. The van der Waals surface area contributed by atoms with Crippen LogP contribution in [0, 0.1) is 0 Å². The Morgan fingerprint density at radius 3 is 2.59 bits per heavy atom. The lowest BCUT2D eigenvalue weighted by molar-refractivity contribution is -0.137. The van der Waals surface area contributed by atoms with Crippen molar-refractivity contribution >= 4 is 28.7 Å². The summed E-state index contributed by atoms with van der Waals surface area (Å²) in [5.41, 5.74) is 0.794.